The topological polar surface area (TPSA) is 67.8 Å². The van der Waals surface area contributed by atoms with Gasteiger partial charge in [0.25, 0.3) is 0 Å². The van der Waals surface area contributed by atoms with Crippen LogP contribution in [-0.2, 0) is 10.3 Å². The van der Waals surface area contributed by atoms with E-state index >= 15 is 0 Å². The Kier molecular flexibility index (Phi) is 5.57. The molecule has 2 aromatic rings. The third-order valence-corrected chi connectivity index (χ3v) is 3.91. The Morgan fingerprint density at radius 1 is 1.21 bits per heavy atom. The predicted octanol–water partition coefficient (Wildman–Crippen LogP) is 5.65. The van der Waals surface area contributed by atoms with E-state index in [4.69, 9.17) is 16.3 Å². The average molecular weight is 347 g/mol. The molecule has 0 heterocycles. The van der Waals surface area contributed by atoms with Crippen LogP contribution in [0.15, 0.2) is 53.7 Å². The summed E-state index contributed by atoms with van der Waals surface area (Å²) in [6.45, 7) is 5.28. The molecule has 0 aliphatic heterocycles. The first-order valence-corrected chi connectivity index (χ1v) is 7.88. The van der Waals surface area contributed by atoms with Crippen molar-refractivity contribution in [3.63, 3.8) is 0 Å². The summed E-state index contributed by atoms with van der Waals surface area (Å²) in [7, 11) is 0. The molecule has 0 aromatic heterocycles. The number of ether oxygens (including phenoxy) is 1. The van der Waals surface area contributed by atoms with Gasteiger partial charge >= 0.3 is 6.09 Å². The number of halogens is 1. The van der Waals surface area contributed by atoms with E-state index in [1.807, 2.05) is 24.3 Å². The van der Waals surface area contributed by atoms with Gasteiger partial charge < -0.3 is 4.74 Å². The van der Waals surface area contributed by atoms with Crippen LogP contribution in [0.5, 0.6) is 0 Å². The number of hydrogen-bond donors (Lipinski definition) is 1. The molecule has 2 rings (SSSR count). The highest BCUT2D eigenvalue weighted by Crippen LogP contribution is 2.28. The van der Waals surface area contributed by atoms with E-state index in [9.17, 15) is 9.70 Å². The van der Waals surface area contributed by atoms with Gasteiger partial charge in [0.2, 0.25) is 0 Å². The second-order valence-electron chi connectivity index (χ2n) is 5.94. The molecule has 0 radical (unpaired) electrons. The first-order valence-electron chi connectivity index (χ1n) is 7.50. The second kappa shape index (κ2) is 7.45. The summed E-state index contributed by atoms with van der Waals surface area (Å²) >= 11 is 5.81. The number of amides is 1. The number of benzene rings is 2. The minimum Gasteiger partial charge on any atom is -0.438 e. The average Bonchev–Trinajstić information content (AvgIpc) is 2.56. The van der Waals surface area contributed by atoms with Gasteiger partial charge in [-0.05, 0) is 62.2 Å². The molecule has 0 bridgehead atoms. The van der Waals surface area contributed by atoms with Crippen LogP contribution in [0.2, 0.25) is 5.02 Å². The summed E-state index contributed by atoms with van der Waals surface area (Å²) < 4.78 is 5.53. The summed E-state index contributed by atoms with van der Waals surface area (Å²) in [5.41, 5.74) is 1.28. The number of hydrogen-bond acceptors (Lipinski definition) is 4. The number of rotatable bonds is 5. The minimum atomic E-state index is -0.866. The molecule has 1 atom stereocenters. The molecular weight excluding hydrogens is 328 g/mol. The molecule has 126 valence electrons. The van der Waals surface area contributed by atoms with Crippen molar-refractivity contribution in [2.24, 2.45) is 5.18 Å². The lowest BCUT2D eigenvalue weighted by atomic mass is 9.94. The van der Waals surface area contributed by atoms with Gasteiger partial charge in [-0.25, -0.2) is 4.79 Å². The van der Waals surface area contributed by atoms with Crippen molar-refractivity contribution >= 4 is 23.4 Å². The molecule has 1 amide bonds. The Bertz CT molecular complexity index is 729. The molecule has 0 saturated carbocycles. The van der Waals surface area contributed by atoms with Crippen LogP contribution in [-0.4, -0.2) is 6.09 Å². The number of anilines is 1. The zero-order valence-electron chi connectivity index (χ0n) is 13.7. The first-order chi connectivity index (χ1) is 11.3. The fraction of sp³-hybridized carbons (Fsp3) is 0.278. The maximum Gasteiger partial charge on any atom is 0.412 e. The van der Waals surface area contributed by atoms with Gasteiger partial charge in [0, 0.05) is 10.7 Å². The van der Waals surface area contributed by atoms with Gasteiger partial charge in [0.05, 0.1) is 0 Å². The summed E-state index contributed by atoms with van der Waals surface area (Å²) in [5, 5.41) is 6.27. The Hall–Kier alpha value is -2.40. The first kappa shape index (κ1) is 17.9. The van der Waals surface area contributed by atoms with Gasteiger partial charge in [0.1, 0.15) is 11.6 Å². The van der Waals surface area contributed by atoms with E-state index < -0.39 is 17.7 Å². The van der Waals surface area contributed by atoms with Gasteiger partial charge in [-0.3, -0.25) is 5.32 Å². The molecule has 24 heavy (non-hydrogen) atoms. The van der Waals surface area contributed by atoms with E-state index in [1.165, 1.54) is 0 Å². The standard InChI is InChI=1S/C18H19ClN2O3/c1-12(21-23)13-5-4-6-14(11-13)18(2,3)24-17(22)20-16-9-7-15(19)8-10-16/h4-12H,1-3H3,(H,20,22). The Morgan fingerprint density at radius 2 is 1.88 bits per heavy atom. The lowest BCUT2D eigenvalue weighted by Gasteiger charge is -2.26. The number of nitrogens with zero attached hydrogens (tertiary/aromatic N) is 1. The molecule has 6 heteroatoms. The molecule has 0 fully saturated rings. The summed E-state index contributed by atoms with van der Waals surface area (Å²) in [5.74, 6) is 0. The highest BCUT2D eigenvalue weighted by atomic mass is 35.5. The van der Waals surface area contributed by atoms with Gasteiger partial charge in [-0.2, -0.15) is 4.91 Å². The molecule has 1 unspecified atom stereocenters. The summed E-state index contributed by atoms with van der Waals surface area (Å²) in [6, 6.07) is 13.6. The lowest BCUT2D eigenvalue weighted by molar-refractivity contribution is 0.0466. The van der Waals surface area contributed by atoms with Crippen LogP contribution in [0.4, 0.5) is 10.5 Å². The van der Waals surface area contributed by atoms with E-state index in [0.29, 0.717) is 10.7 Å². The fourth-order valence-corrected chi connectivity index (χ4v) is 2.33. The van der Waals surface area contributed by atoms with Gasteiger partial charge in [-0.1, -0.05) is 35.0 Å². The van der Waals surface area contributed by atoms with Crippen molar-refractivity contribution in [3.8, 4) is 0 Å². The van der Waals surface area contributed by atoms with Gasteiger partial charge in [0.15, 0.2) is 0 Å². The lowest BCUT2D eigenvalue weighted by Crippen LogP contribution is -2.28. The number of carbonyl (C=O) groups excluding carboxylic acids is 1. The molecule has 0 aliphatic carbocycles. The van der Waals surface area contributed by atoms with Crippen molar-refractivity contribution < 1.29 is 9.53 Å². The largest absolute Gasteiger partial charge is 0.438 e. The van der Waals surface area contributed by atoms with E-state index in [0.717, 1.165) is 11.1 Å². The highest BCUT2D eigenvalue weighted by molar-refractivity contribution is 6.30. The molecule has 0 aliphatic rings. The van der Waals surface area contributed by atoms with Crippen molar-refractivity contribution in [3.05, 3.63) is 69.6 Å². The van der Waals surface area contributed by atoms with Crippen molar-refractivity contribution in [1.82, 2.24) is 0 Å². The minimum absolute atomic E-state index is 0.455. The third-order valence-electron chi connectivity index (χ3n) is 3.66. The molecule has 2 aromatic carbocycles. The van der Waals surface area contributed by atoms with E-state index in [2.05, 4.69) is 10.5 Å². The third kappa shape index (κ3) is 4.55. The van der Waals surface area contributed by atoms with Crippen LogP contribution in [0.3, 0.4) is 0 Å². The quantitative estimate of drug-likeness (QED) is 0.711. The van der Waals surface area contributed by atoms with Crippen LogP contribution >= 0.6 is 11.6 Å². The Balaban J connectivity index is 2.10. The predicted molar refractivity (Wildman–Crippen MR) is 95.2 cm³/mol. The fourth-order valence-electron chi connectivity index (χ4n) is 2.20. The van der Waals surface area contributed by atoms with Crippen LogP contribution < -0.4 is 5.32 Å². The van der Waals surface area contributed by atoms with Crippen LogP contribution in [0.25, 0.3) is 0 Å². The number of nitroso groups, excluding NO2 is 1. The second-order valence-corrected chi connectivity index (χ2v) is 6.38. The molecule has 0 saturated heterocycles. The molecular formula is C18H19ClN2O3. The monoisotopic (exact) mass is 346 g/mol. The number of carbonyl (C=O) groups is 1. The van der Waals surface area contributed by atoms with Crippen LogP contribution in [0.1, 0.15) is 37.9 Å². The van der Waals surface area contributed by atoms with Crippen molar-refractivity contribution in [1.29, 1.82) is 0 Å². The van der Waals surface area contributed by atoms with E-state index in [-0.39, 0.29) is 0 Å². The highest BCUT2D eigenvalue weighted by Gasteiger charge is 2.26. The van der Waals surface area contributed by atoms with E-state index in [1.54, 1.807) is 45.0 Å². The van der Waals surface area contributed by atoms with Crippen molar-refractivity contribution in [2.75, 3.05) is 5.32 Å². The maximum absolute atomic E-state index is 12.1. The zero-order chi connectivity index (χ0) is 17.7. The Labute approximate surface area is 146 Å². The van der Waals surface area contributed by atoms with Gasteiger partial charge in [-0.15, -0.1) is 0 Å². The summed E-state index contributed by atoms with van der Waals surface area (Å²) in [4.78, 5) is 22.8. The van der Waals surface area contributed by atoms with Crippen LogP contribution in [0, 0.1) is 4.91 Å². The maximum atomic E-state index is 12.1. The molecule has 5 nitrogen and oxygen atoms in total. The van der Waals surface area contributed by atoms with Crippen molar-refractivity contribution in [2.45, 2.75) is 32.4 Å². The summed E-state index contributed by atoms with van der Waals surface area (Å²) in [6.07, 6.45) is -0.575. The molecule has 0 spiro atoms. The smallest absolute Gasteiger partial charge is 0.412 e. The normalized spacial score (nSPS) is 12.3. The Morgan fingerprint density at radius 3 is 2.50 bits per heavy atom. The molecule has 1 N–H and O–H groups in total. The number of nitrogens with one attached hydrogen (secondary N) is 1. The zero-order valence-corrected chi connectivity index (χ0v) is 14.5. The SMILES string of the molecule is CC(N=O)c1cccc(C(C)(C)OC(=O)Nc2ccc(Cl)cc2)c1.